The van der Waals surface area contributed by atoms with Crippen LogP contribution in [0.4, 0.5) is 4.79 Å². The highest BCUT2D eigenvalue weighted by Gasteiger charge is 2.28. The van der Waals surface area contributed by atoms with Gasteiger partial charge in [-0.3, -0.25) is 4.79 Å². The average molecular weight is 303 g/mol. The number of urea groups is 1. The van der Waals surface area contributed by atoms with E-state index in [1.807, 2.05) is 18.2 Å². The van der Waals surface area contributed by atoms with Gasteiger partial charge in [-0.2, -0.15) is 0 Å². The van der Waals surface area contributed by atoms with Crippen LogP contribution in [0.15, 0.2) is 30.3 Å². The molecule has 3 amide bonds. The lowest BCUT2D eigenvalue weighted by atomic mass is 9.92. The van der Waals surface area contributed by atoms with E-state index in [1.165, 1.54) is 18.4 Å². The largest absolute Gasteiger partial charge is 0.352 e. The van der Waals surface area contributed by atoms with Crippen LogP contribution in [-0.2, 0) is 11.2 Å². The van der Waals surface area contributed by atoms with Gasteiger partial charge in [0.1, 0.15) is 6.04 Å². The summed E-state index contributed by atoms with van der Waals surface area (Å²) in [6.45, 7) is 1.65. The molecule has 1 aliphatic rings. The summed E-state index contributed by atoms with van der Waals surface area (Å²) in [4.78, 5) is 23.1. The van der Waals surface area contributed by atoms with E-state index in [-0.39, 0.29) is 11.9 Å². The van der Waals surface area contributed by atoms with Crippen LogP contribution < -0.4 is 16.4 Å². The van der Waals surface area contributed by atoms with Gasteiger partial charge in [-0.25, -0.2) is 4.79 Å². The Morgan fingerprint density at radius 2 is 1.82 bits per heavy atom. The summed E-state index contributed by atoms with van der Waals surface area (Å²) >= 11 is 0. The molecule has 0 radical (unpaired) electrons. The molecule has 4 N–H and O–H groups in total. The Bertz CT molecular complexity index is 498. The third-order valence-corrected chi connectivity index (χ3v) is 4.35. The number of carbonyl (C=O) groups excluding carboxylic acids is 2. The summed E-state index contributed by atoms with van der Waals surface area (Å²) < 4.78 is 0. The van der Waals surface area contributed by atoms with E-state index in [9.17, 15) is 9.59 Å². The molecule has 2 rings (SSSR count). The van der Waals surface area contributed by atoms with Crippen molar-refractivity contribution < 1.29 is 9.59 Å². The van der Waals surface area contributed by atoms with Crippen molar-refractivity contribution in [1.82, 2.24) is 10.6 Å². The molecule has 5 heteroatoms. The second-order valence-corrected chi connectivity index (χ2v) is 6.08. The molecule has 0 aliphatic heterocycles. The number of amides is 3. The average Bonchev–Trinajstić information content (AvgIpc) is 3.01. The molecule has 0 heterocycles. The Morgan fingerprint density at radius 3 is 2.41 bits per heavy atom. The smallest absolute Gasteiger partial charge is 0.312 e. The number of rotatable bonds is 6. The van der Waals surface area contributed by atoms with Gasteiger partial charge in [-0.05, 0) is 37.7 Å². The summed E-state index contributed by atoms with van der Waals surface area (Å²) in [5.41, 5.74) is 6.30. The zero-order chi connectivity index (χ0) is 15.9. The summed E-state index contributed by atoms with van der Waals surface area (Å²) in [7, 11) is 0. The van der Waals surface area contributed by atoms with Crippen molar-refractivity contribution in [3.05, 3.63) is 35.9 Å². The standard InChI is InChI=1S/C17H25N3O2/c1-12(19-17(18)22)16(21)20-15(14-9-5-6-10-14)11-13-7-3-2-4-8-13/h2-4,7-8,12,14-15H,5-6,9-11H2,1H3,(H,20,21)(H3,18,19,22)/t12-,15+/m0/s1. The summed E-state index contributed by atoms with van der Waals surface area (Å²) in [5.74, 6) is 0.330. The Balaban J connectivity index is 2.01. The van der Waals surface area contributed by atoms with E-state index in [0.717, 1.165) is 19.3 Å². The van der Waals surface area contributed by atoms with Crippen LogP contribution in [0.5, 0.6) is 0 Å². The maximum absolute atomic E-state index is 12.3. The first-order chi connectivity index (χ1) is 10.6. The van der Waals surface area contributed by atoms with Gasteiger partial charge in [0.2, 0.25) is 5.91 Å². The van der Waals surface area contributed by atoms with Gasteiger partial charge in [0.25, 0.3) is 0 Å². The molecule has 0 aromatic heterocycles. The first-order valence-electron chi connectivity index (χ1n) is 7.96. The quantitative estimate of drug-likeness (QED) is 0.750. The van der Waals surface area contributed by atoms with Crippen molar-refractivity contribution in [2.75, 3.05) is 0 Å². The molecule has 0 bridgehead atoms. The van der Waals surface area contributed by atoms with Crippen LogP contribution in [0.3, 0.4) is 0 Å². The van der Waals surface area contributed by atoms with Crippen LogP contribution in [0.1, 0.15) is 38.2 Å². The Hall–Kier alpha value is -2.04. The van der Waals surface area contributed by atoms with E-state index >= 15 is 0 Å². The van der Waals surface area contributed by atoms with Crippen molar-refractivity contribution in [3.63, 3.8) is 0 Å². The lowest BCUT2D eigenvalue weighted by molar-refractivity contribution is -0.123. The summed E-state index contributed by atoms with van der Waals surface area (Å²) in [5, 5.41) is 5.53. The lowest BCUT2D eigenvalue weighted by Crippen LogP contribution is -2.51. The molecule has 120 valence electrons. The van der Waals surface area contributed by atoms with Gasteiger partial charge in [0.05, 0.1) is 0 Å². The number of carbonyl (C=O) groups is 2. The number of hydrogen-bond donors (Lipinski definition) is 3. The van der Waals surface area contributed by atoms with E-state index in [1.54, 1.807) is 6.92 Å². The molecule has 0 saturated heterocycles. The predicted molar refractivity (Wildman–Crippen MR) is 86.2 cm³/mol. The SMILES string of the molecule is C[C@H](NC(N)=O)C(=O)N[C@H](Cc1ccccc1)C1CCCC1. The fourth-order valence-electron chi connectivity index (χ4n) is 3.15. The Morgan fingerprint density at radius 1 is 1.18 bits per heavy atom. The topological polar surface area (TPSA) is 84.2 Å². The van der Waals surface area contributed by atoms with Crippen LogP contribution in [-0.4, -0.2) is 24.0 Å². The van der Waals surface area contributed by atoms with Gasteiger partial charge in [0.15, 0.2) is 0 Å². The van der Waals surface area contributed by atoms with Gasteiger partial charge in [0, 0.05) is 6.04 Å². The van der Waals surface area contributed by atoms with Gasteiger partial charge < -0.3 is 16.4 Å². The van der Waals surface area contributed by atoms with Crippen LogP contribution in [0, 0.1) is 5.92 Å². The molecule has 22 heavy (non-hydrogen) atoms. The molecule has 1 saturated carbocycles. The van der Waals surface area contributed by atoms with Crippen molar-refractivity contribution >= 4 is 11.9 Å². The minimum absolute atomic E-state index is 0.106. The molecular weight excluding hydrogens is 278 g/mol. The van der Waals surface area contributed by atoms with Crippen LogP contribution >= 0.6 is 0 Å². The Labute approximate surface area is 131 Å². The summed E-state index contributed by atoms with van der Waals surface area (Å²) in [6, 6.07) is 9.00. The molecule has 0 unspecified atom stereocenters. The minimum atomic E-state index is -0.678. The fraction of sp³-hybridized carbons (Fsp3) is 0.529. The second-order valence-electron chi connectivity index (χ2n) is 6.08. The van der Waals surface area contributed by atoms with Crippen LogP contribution in [0.2, 0.25) is 0 Å². The molecule has 5 nitrogen and oxygen atoms in total. The van der Waals surface area contributed by atoms with E-state index < -0.39 is 12.1 Å². The van der Waals surface area contributed by atoms with E-state index in [0.29, 0.717) is 5.92 Å². The third-order valence-electron chi connectivity index (χ3n) is 4.35. The third kappa shape index (κ3) is 4.76. The molecule has 1 aliphatic carbocycles. The van der Waals surface area contributed by atoms with Crippen molar-refractivity contribution in [2.45, 2.75) is 51.1 Å². The zero-order valence-electron chi connectivity index (χ0n) is 13.0. The van der Waals surface area contributed by atoms with Crippen molar-refractivity contribution in [3.8, 4) is 0 Å². The highest BCUT2D eigenvalue weighted by molar-refractivity contribution is 5.86. The molecule has 1 aromatic carbocycles. The molecule has 0 spiro atoms. The normalized spacial score (nSPS) is 17.7. The van der Waals surface area contributed by atoms with E-state index in [2.05, 4.69) is 22.8 Å². The molecule has 1 aromatic rings. The van der Waals surface area contributed by atoms with Crippen molar-refractivity contribution in [1.29, 1.82) is 0 Å². The highest BCUT2D eigenvalue weighted by Crippen LogP contribution is 2.29. The minimum Gasteiger partial charge on any atom is -0.352 e. The first-order valence-corrected chi connectivity index (χ1v) is 7.96. The fourth-order valence-corrected chi connectivity index (χ4v) is 3.15. The second kappa shape index (κ2) is 7.82. The number of nitrogens with one attached hydrogen (secondary N) is 2. The van der Waals surface area contributed by atoms with Crippen molar-refractivity contribution in [2.24, 2.45) is 11.7 Å². The molecule has 2 atom stereocenters. The number of nitrogens with two attached hydrogens (primary N) is 1. The number of hydrogen-bond acceptors (Lipinski definition) is 2. The Kier molecular flexibility index (Phi) is 5.81. The monoisotopic (exact) mass is 303 g/mol. The van der Waals surface area contributed by atoms with Gasteiger partial charge >= 0.3 is 6.03 Å². The molecular formula is C17H25N3O2. The predicted octanol–water partition coefficient (Wildman–Crippen LogP) is 1.96. The maximum Gasteiger partial charge on any atom is 0.312 e. The summed E-state index contributed by atoms with van der Waals surface area (Å²) in [6.07, 6.45) is 5.56. The van der Waals surface area contributed by atoms with Crippen LogP contribution in [0.25, 0.3) is 0 Å². The van der Waals surface area contributed by atoms with Gasteiger partial charge in [-0.1, -0.05) is 43.2 Å². The van der Waals surface area contributed by atoms with E-state index in [4.69, 9.17) is 5.73 Å². The highest BCUT2D eigenvalue weighted by atomic mass is 16.2. The number of benzene rings is 1. The lowest BCUT2D eigenvalue weighted by Gasteiger charge is -2.26. The molecule has 1 fully saturated rings. The zero-order valence-corrected chi connectivity index (χ0v) is 13.0. The van der Waals surface area contributed by atoms with Gasteiger partial charge in [-0.15, -0.1) is 0 Å². The number of primary amides is 1. The first kappa shape index (κ1) is 16.3. The maximum atomic E-state index is 12.3.